The van der Waals surface area contributed by atoms with Crippen LogP contribution in [0.1, 0.15) is 52.1 Å². The minimum absolute atomic E-state index is 0.0505. The summed E-state index contributed by atoms with van der Waals surface area (Å²) in [5.41, 5.74) is -0.992. The van der Waals surface area contributed by atoms with E-state index in [-0.39, 0.29) is 51.4 Å². The van der Waals surface area contributed by atoms with Gasteiger partial charge in [-0.15, -0.1) is 0 Å². The molecule has 0 bridgehead atoms. The molecular weight excluding hydrogens is 617 g/mol. The number of anilines is 2. The molecule has 2 aliphatic heterocycles. The number of alkyl halides is 3. The molecule has 1 fully saturated rings. The first-order chi connectivity index (χ1) is 21.2. The second-order valence-electron chi connectivity index (χ2n) is 11.3. The van der Waals surface area contributed by atoms with Crippen molar-refractivity contribution in [3.05, 3.63) is 63.8 Å². The van der Waals surface area contributed by atoms with Crippen molar-refractivity contribution in [2.24, 2.45) is 0 Å². The number of amides is 2. The molecule has 2 aliphatic rings. The zero-order valence-corrected chi connectivity index (χ0v) is 25.9. The molecule has 5 rings (SSSR count). The maximum atomic E-state index is 14.0. The van der Waals surface area contributed by atoms with E-state index in [4.69, 9.17) is 25.8 Å². The van der Waals surface area contributed by atoms with Gasteiger partial charge in [0.1, 0.15) is 17.1 Å². The van der Waals surface area contributed by atoms with Gasteiger partial charge in [0.05, 0.1) is 46.6 Å². The molecule has 0 spiro atoms. The highest BCUT2D eigenvalue weighted by atomic mass is 35.5. The maximum Gasteiger partial charge on any atom is 0.423 e. The number of nitrogens with one attached hydrogen (secondary N) is 3. The molecular formula is C30H32ClF3N6O5. The number of aromatic nitrogens is 2. The molecule has 0 radical (unpaired) electrons. The second-order valence-corrected chi connectivity index (χ2v) is 11.7. The number of halogens is 4. The van der Waals surface area contributed by atoms with Gasteiger partial charge in [0, 0.05) is 19.9 Å². The Morgan fingerprint density at radius 1 is 1.20 bits per heavy atom. The van der Waals surface area contributed by atoms with Crippen molar-refractivity contribution in [1.82, 2.24) is 25.5 Å². The predicted octanol–water partition coefficient (Wildman–Crippen LogP) is 5.12. The summed E-state index contributed by atoms with van der Waals surface area (Å²) in [6.45, 7) is 4.97. The molecule has 3 heterocycles. The summed E-state index contributed by atoms with van der Waals surface area (Å²) in [4.78, 5) is 35.8. The lowest BCUT2D eigenvalue weighted by atomic mass is 9.94. The highest BCUT2D eigenvalue weighted by Gasteiger charge is 2.40. The molecule has 2 unspecified atom stereocenters. The zero-order valence-electron chi connectivity index (χ0n) is 25.1. The summed E-state index contributed by atoms with van der Waals surface area (Å²) >= 11 is 6.50. The number of hydrogen-bond donors (Lipinski definition) is 3. The van der Waals surface area contributed by atoms with Gasteiger partial charge in [-0.05, 0) is 57.6 Å². The van der Waals surface area contributed by atoms with Gasteiger partial charge in [-0.1, -0.05) is 23.7 Å². The Kier molecular flexibility index (Phi) is 8.84. The second kappa shape index (κ2) is 12.3. The Labute approximate surface area is 262 Å². The molecule has 2 atom stereocenters. The van der Waals surface area contributed by atoms with Gasteiger partial charge < -0.3 is 35.1 Å². The zero-order chi connectivity index (χ0) is 32.7. The molecule has 0 aliphatic carbocycles. The number of piperidine rings is 1. The van der Waals surface area contributed by atoms with Crippen molar-refractivity contribution in [2.75, 3.05) is 39.7 Å². The van der Waals surface area contributed by atoms with Crippen molar-refractivity contribution < 1.29 is 37.0 Å². The van der Waals surface area contributed by atoms with E-state index in [0.29, 0.717) is 24.7 Å². The topological polar surface area (TPSA) is 127 Å². The first kappa shape index (κ1) is 32.3. The number of methoxy groups -OCH3 is 2. The first-order valence-electron chi connectivity index (χ1n) is 14.0. The van der Waals surface area contributed by atoms with E-state index in [1.807, 2.05) is 7.05 Å². The predicted molar refractivity (Wildman–Crippen MR) is 159 cm³/mol. The van der Waals surface area contributed by atoms with Crippen LogP contribution in [0.4, 0.5) is 24.8 Å². The number of nitrogens with zero attached hydrogens (tertiary/aromatic N) is 3. The summed E-state index contributed by atoms with van der Waals surface area (Å²) in [5, 5.41) is 8.60. The fourth-order valence-electron chi connectivity index (χ4n) is 5.42. The fourth-order valence-corrected chi connectivity index (χ4v) is 5.67. The number of ether oxygens (including phenoxy) is 3. The molecule has 2 amide bonds. The highest BCUT2D eigenvalue weighted by molar-refractivity contribution is 6.34. The van der Waals surface area contributed by atoms with Crippen LogP contribution < -0.4 is 25.4 Å². The molecule has 3 aromatic rings. The molecule has 45 heavy (non-hydrogen) atoms. The number of rotatable bonds is 8. The van der Waals surface area contributed by atoms with Crippen molar-refractivity contribution in [2.45, 2.75) is 44.1 Å². The number of benzene rings is 2. The van der Waals surface area contributed by atoms with Gasteiger partial charge in [-0.2, -0.15) is 18.2 Å². The Morgan fingerprint density at radius 2 is 1.96 bits per heavy atom. The molecule has 1 saturated heterocycles. The lowest BCUT2D eigenvalue weighted by Gasteiger charge is -2.36. The molecule has 2 aromatic carbocycles. The average Bonchev–Trinajstić information content (AvgIpc) is 3.21. The van der Waals surface area contributed by atoms with E-state index in [1.54, 1.807) is 33.1 Å². The van der Waals surface area contributed by atoms with Gasteiger partial charge in [0.2, 0.25) is 11.8 Å². The summed E-state index contributed by atoms with van der Waals surface area (Å²) < 4.78 is 58.5. The lowest BCUT2D eigenvalue weighted by Crippen LogP contribution is -2.53. The minimum Gasteiger partial charge on any atom is -0.495 e. The molecule has 0 saturated carbocycles. The Balaban J connectivity index is 1.43. The van der Waals surface area contributed by atoms with Crippen LogP contribution >= 0.6 is 11.6 Å². The van der Waals surface area contributed by atoms with Crippen molar-refractivity contribution in [3.63, 3.8) is 0 Å². The molecule has 3 N–H and O–H groups in total. The van der Waals surface area contributed by atoms with E-state index in [2.05, 4.69) is 30.8 Å². The number of hydrogen-bond acceptors (Lipinski definition) is 9. The molecule has 1 aromatic heterocycles. The molecule has 240 valence electrons. The first-order valence-corrected chi connectivity index (χ1v) is 14.3. The quantitative estimate of drug-likeness (QED) is 0.305. The van der Waals surface area contributed by atoms with Gasteiger partial charge >= 0.3 is 6.18 Å². The fraction of sp³-hybridized carbons (Fsp3) is 0.400. The summed E-state index contributed by atoms with van der Waals surface area (Å²) in [5.74, 6) is -1.97. The Morgan fingerprint density at radius 3 is 2.64 bits per heavy atom. The minimum atomic E-state index is -4.86. The maximum absolute atomic E-state index is 14.0. The van der Waals surface area contributed by atoms with Crippen molar-refractivity contribution in [3.8, 4) is 17.4 Å². The molecule has 11 nitrogen and oxygen atoms in total. The van der Waals surface area contributed by atoms with Crippen LogP contribution in [0.25, 0.3) is 0 Å². The number of likely N-dealkylation sites (N-methyl/N-ethyl adjacent to an activating group) is 1. The van der Waals surface area contributed by atoms with Gasteiger partial charge in [0.15, 0.2) is 0 Å². The lowest BCUT2D eigenvalue weighted by molar-refractivity contribution is -0.139. The van der Waals surface area contributed by atoms with Crippen LogP contribution in [0.2, 0.25) is 5.02 Å². The van der Waals surface area contributed by atoms with Crippen molar-refractivity contribution >= 4 is 35.1 Å². The van der Waals surface area contributed by atoms with E-state index in [1.165, 1.54) is 25.3 Å². The summed E-state index contributed by atoms with van der Waals surface area (Å²) in [6, 6.07) is 7.22. The standard InChI is InChI=1S/C30H32ClF3N6O5/c1-29(2)16-7-6-8-21(24(16)26(42)39-29)45-27-17(30(32,33)34)13-35-28(38-27)37-20-12-18(31)15(11-22(20)43-4)25(41)36-19-9-10-40(3)14-23(19)44-5/h6-8,11-13,19,23H,9-10,14H2,1-5H3,(H,36,41)(H,39,42)(H,35,37,38). The van der Waals surface area contributed by atoms with Gasteiger partial charge in [-0.3, -0.25) is 9.59 Å². The van der Waals surface area contributed by atoms with E-state index in [9.17, 15) is 22.8 Å². The molecule has 15 heteroatoms. The third-order valence-corrected chi connectivity index (χ3v) is 8.09. The largest absolute Gasteiger partial charge is 0.495 e. The highest BCUT2D eigenvalue weighted by Crippen LogP contribution is 2.42. The van der Waals surface area contributed by atoms with Crippen LogP contribution in [-0.2, 0) is 16.5 Å². The summed E-state index contributed by atoms with van der Waals surface area (Å²) in [6.07, 6.45) is -3.82. The number of carbonyl (C=O) groups is 2. The summed E-state index contributed by atoms with van der Waals surface area (Å²) in [7, 11) is 4.92. The van der Waals surface area contributed by atoms with Crippen LogP contribution in [0.5, 0.6) is 17.4 Å². The van der Waals surface area contributed by atoms with E-state index < -0.39 is 35.0 Å². The third kappa shape index (κ3) is 6.63. The van der Waals surface area contributed by atoms with Crippen LogP contribution in [0, 0.1) is 0 Å². The van der Waals surface area contributed by atoms with Crippen LogP contribution in [0.3, 0.4) is 0 Å². The van der Waals surface area contributed by atoms with Gasteiger partial charge in [-0.25, -0.2) is 4.98 Å². The normalized spacial score (nSPS) is 19.4. The van der Waals surface area contributed by atoms with Crippen LogP contribution in [-0.4, -0.2) is 73.2 Å². The van der Waals surface area contributed by atoms with E-state index >= 15 is 0 Å². The smallest absolute Gasteiger partial charge is 0.423 e. The average molecular weight is 649 g/mol. The Hall–Kier alpha value is -4.14. The number of fused-ring (bicyclic) bond motifs is 1. The van der Waals surface area contributed by atoms with Crippen molar-refractivity contribution in [1.29, 1.82) is 0 Å². The monoisotopic (exact) mass is 648 g/mol. The number of likely N-dealkylation sites (tertiary alicyclic amines) is 1. The van der Waals surface area contributed by atoms with E-state index in [0.717, 1.165) is 6.54 Å². The number of carbonyl (C=O) groups excluding carboxylic acids is 2. The third-order valence-electron chi connectivity index (χ3n) is 7.78. The van der Waals surface area contributed by atoms with Gasteiger partial charge in [0.25, 0.3) is 11.8 Å². The SMILES string of the molecule is COc1cc(C(=O)NC2CCN(C)CC2OC)c(Cl)cc1Nc1ncc(C(F)(F)F)c(Oc2cccc3c2C(=O)NC3(C)C)n1. The Bertz CT molecular complexity index is 1640. The van der Waals surface area contributed by atoms with Crippen LogP contribution in [0.15, 0.2) is 36.5 Å².